The first kappa shape index (κ1) is 17.7. The fourth-order valence-corrected chi connectivity index (χ4v) is 5.00. The van der Waals surface area contributed by atoms with Crippen molar-refractivity contribution >= 4 is 17.3 Å². The Balaban J connectivity index is 1.64. The van der Waals surface area contributed by atoms with Crippen LogP contribution < -0.4 is 10.1 Å². The fraction of sp³-hybridized carbons (Fsp3) is 0.455. The number of nitrogens with zero attached hydrogens (tertiary/aromatic N) is 1. The lowest BCUT2D eigenvalue weighted by Crippen LogP contribution is -2.54. The molecular weight excluding hydrogens is 344 g/mol. The van der Waals surface area contributed by atoms with E-state index in [1.165, 1.54) is 24.8 Å². The molecule has 2 fully saturated rings. The van der Waals surface area contributed by atoms with Gasteiger partial charge < -0.3 is 10.1 Å². The summed E-state index contributed by atoms with van der Waals surface area (Å²) in [7, 11) is 1.71. The van der Waals surface area contributed by atoms with E-state index in [1.807, 2.05) is 13.0 Å². The minimum Gasteiger partial charge on any atom is -0.496 e. The second-order valence-electron chi connectivity index (χ2n) is 7.66. The maximum Gasteiger partial charge on any atom is 0.123 e. The van der Waals surface area contributed by atoms with Crippen LogP contribution in [0.3, 0.4) is 0 Å². The molecule has 2 bridgehead atoms. The largest absolute Gasteiger partial charge is 0.496 e. The topological polar surface area (TPSA) is 24.5 Å². The van der Waals surface area contributed by atoms with Crippen molar-refractivity contribution in [3.8, 4) is 5.75 Å². The van der Waals surface area contributed by atoms with Gasteiger partial charge in [-0.1, -0.05) is 41.9 Å². The lowest BCUT2D eigenvalue weighted by Gasteiger charge is -2.46. The van der Waals surface area contributed by atoms with Gasteiger partial charge in [0.1, 0.15) is 5.75 Å². The third kappa shape index (κ3) is 3.19. The van der Waals surface area contributed by atoms with Crippen molar-refractivity contribution in [2.24, 2.45) is 0 Å². The number of hydrogen-bond acceptors (Lipinski definition) is 3. The van der Waals surface area contributed by atoms with Crippen LogP contribution in [0.4, 0.5) is 5.69 Å². The smallest absolute Gasteiger partial charge is 0.123 e. The molecule has 138 valence electrons. The van der Waals surface area contributed by atoms with Gasteiger partial charge in [0, 0.05) is 18.7 Å². The summed E-state index contributed by atoms with van der Waals surface area (Å²) in [6, 6.07) is 15.5. The summed E-state index contributed by atoms with van der Waals surface area (Å²) in [5.41, 5.74) is 3.41. The van der Waals surface area contributed by atoms with Crippen molar-refractivity contribution in [2.45, 2.75) is 57.3 Å². The average molecular weight is 371 g/mol. The number of piperidine rings is 1. The molecule has 2 aliphatic heterocycles. The molecule has 2 aromatic rings. The monoisotopic (exact) mass is 370 g/mol. The van der Waals surface area contributed by atoms with Crippen molar-refractivity contribution in [1.82, 2.24) is 4.90 Å². The number of ether oxygens (including phenoxy) is 1. The van der Waals surface area contributed by atoms with E-state index in [9.17, 15) is 0 Å². The number of benzene rings is 2. The van der Waals surface area contributed by atoms with Crippen LogP contribution in [-0.4, -0.2) is 23.7 Å². The van der Waals surface area contributed by atoms with Crippen LogP contribution in [0.2, 0.25) is 5.02 Å². The Hall–Kier alpha value is -1.71. The summed E-state index contributed by atoms with van der Waals surface area (Å²) in [5, 5.41) is 4.61. The summed E-state index contributed by atoms with van der Waals surface area (Å²) in [4.78, 5) is 2.68. The third-order valence-corrected chi connectivity index (χ3v) is 6.37. The zero-order valence-corrected chi connectivity index (χ0v) is 16.4. The van der Waals surface area contributed by atoms with Gasteiger partial charge in [0.15, 0.2) is 0 Å². The minimum atomic E-state index is -0.0112. The molecule has 0 aromatic heterocycles. The molecule has 0 amide bonds. The normalized spacial score (nSPS) is 25.3. The Morgan fingerprint density at radius 1 is 1.19 bits per heavy atom. The molecule has 0 saturated carbocycles. The standard InChI is InChI=1S/C22H27ClN2O/c1-16-13-19(23)20(14-21(16)26-2)24-22-11-6-9-18(10-12-22)25(22)15-17-7-4-3-5-8-17/h3-5,7-8,13-14,18,24H,6,9-12,15H2,1-2H3. The molecule has 26 heavy (non-hydrogen) atoms. The first-order valence-electron chi connectivity index (χ1n) is 9.54. The van der Waals surface area contributed by atoms with Gasteiger partial charge in [-0.05, 0) is 56.2 Å². The molecule has 2 aromatic carbocycles. The van der Waals surface area contributed by atoms with Crippen molar-refractivity contribution in [2.75, 3.05) is 12.4 Å². The van der Waals surface area contributed by atoms with Crippen molar-refractivity contribution in [3.05, 3.63) is 58.6 Å². The van der Waals surface area contributed by atoms with Crippen LogP contribution in [0.5, 0.6) is 5.75 Å². The fourth-order valence-electron chi connectivity index (χ4n) is 4.73. The third-order valence-electron chi connectivity index (χ3n) is 6.06. The summed E-state index contributed by atoms with van der Waals surface area (Å²) in [5.74, 6) is 0.883. The van der Waals surface area contributed by atoms with Crippen LogP contribution in [0.1, 0.15) is 43.2 Å². The minimum absolute atomic E-state index is 0.0112. The Labute approximate surface area is 161 Å². The van der Waals surface area contributed by atoms with Crippen molar-refractivity contribution in [1.29, 1.82) is 0 Å². The van der Waals surface area contributed by atoms with Crippen molar-refractivity contribution in [3.63, 3.8) is 0 Å². The SMILES string of the molecule is COc1cc(NC23CCCC(CC2)N3Cc2ccccc2)c(Cl)cc1C. The summed E-state index contributed by atoms with van der Waals surface area (Å²) >= 11 is 6.58. The van der Waals surface area contributed by atoms with Crippen LogP contribution in [0, 0.1) is 6.92 Å². The van der Waals surface area contributed by atoms with Gasteiger partial charge in [0.2, 0.25) is 0 Å². The number of aryl methyl sites for hydroxylation is 1. The van der Waals surface area contributed by atoms with Crippen LogP contribution in [0.15, 0.2) is 42.5 Å². The van der Waals surface area contributed by atoms with E-state index in [2.05, 4.69) is 46.6 Å². The number of rotatable bonds is 5. The highest BCUT2D eigenvalue weighted by atomic mass is 35.5. The number of hydrogen-bond donors (Lipinski definition) is 1. The Morgan fingerprint density at radius 3 is 2.77 bits per heavy atom. The first-order chi connectivity index (χ1) is 12.6. The molecule has 0 radical (unpaired) electrons. The lowest BCUT2D eigenvalue weighted by molar-refractivity contribution is 0.0661. The summed E-state index contributed by atoms with van der Waals surface area (Å²) < 4.78 is 5.52. The highest BCUT2D eigenvalue weighted by Crippen LogP contribution is 2.46. The molecule has 4 rings (SSSR count). The lowest BCUT2D eigenvalue weighted by atomic mass is 9.95. The van der Waals surface area contributed by atoms with E-state index < -0.39 is 0 Å². The zero-order chi connectivity index (χ0) is 18.1. The maximum atomic E-state index is 6.58. The van der Waals surface area contributed by atoms with Gasteiger partial charge in [-0.2, -0.15) is 0 Å². The molecule has 2 heterocycles. The van der Waals surface area contributed by atoms with Gasteiger partial charge >= 0.3 is 0 Å². The van der Waals surface area contributed by atoms with Crippen molar-refractivity contribution < 1.29 is 4.74 Å². The molecule has 4 heteroatoms. The van der Waals surface area contributed by atoms with Gasteiger partial charge in [-0.15, -0.1) is 0 Å². The highest BCUT2D eigenvalue weighted by molar-refractivity contribution is 6.33. The van der Waals surface area contributed by atoms with E-state index >= 15 is 0 Å². The van der Waals surface area contributed by atoms with Crippen LogP contribution in [-0.2, 0) is 6.54 Å². The molecule has 0 aliphatic carbocycles. The number of anilines is 1. The zero-order valence-electron chi connectivity index (χ0n) is 15.6. The molecule has 2 unspecified atom stereocenters. The predicted octanol–water partition coefficient (Wildman–Crippen LogP) is 5.61. The quantitative estimate of drug-likeness (QED) is 0.739. The van der Waals surface area contributed by atoms with E-state index in [1.54, 1.807) is 7.11 Å². The molecular formula is C22H27ClN2O. The Bertz CT molecular complexity index is 775. The average Bonchev–Trinajstić information content (AvgIpc) is 2.83. The van der Waals surface area contributed by atoms with Gasteiger partial charge in [0.05, 0.1) is 23.5 Å². The van der Waals surface area contributed by atoms with E-state index in [4.69, 9.17) is 16.3 Å². The second kappa shape index (κ2) is 7.13. The number of fused-ring (bicyclic) bond motifs is 2. The van der Waals surface area contributed by atoms with Gasteiger partial charge in [-0.3, -0.25) is 4.90 Å². The molecule has 2 saturated heterocycles. The Morgan fingerprint density at radius 2 is 2.00 bits per heavy atom. The first-order valence-corrected chi connectivity index (χ1v) is 9.92. The van der Waals surface area contributed by atoms with Crippen LogP contribution >= 0.6 is 11.6 Å². The highest BCUT2D eigenvalue weighted by Gasteiger charge is 2.48. The Kier molecular flexibility index (Phi) is 4.85. The molecule has 0 spiro atoms. The molecule has 1 N–H and O–H groups in total. The van der Waals surface area contributed by atoms with E-state index in [0.717, 1.165) is 41.4 Å². The number of methoxy groups -OCH3 is 1. The maximum absolute atomic E-state index is 6.58. The summed E-state index contributed by atoms with van der Waals surface area (Å²) in [6.07, 6.45) is 6.13. The molecule has 2 aliphatic rings. The molecule has 3 nitrogen and oxygen atoms in total. The molecule has 2 atom stereocenters. The van der Waals surface area contributed by atoms with Crippen LogP contribution in [0.25, 0.3) is 0 Å². The van der Waals surface area contributed by atoms with Gasteiger partial charge in [-0.25, -0.2) is 0 Å². The van der Waals surface area contributed by atoms with Gasteiger partial charge in [0.25, 0.3) is 0 Å². The van der Waals surface area contributed by atoms with E-state index in [-0.39, 0.29) is 5.66 Å². The van der Waals surface area contributed by atoms with E-state index in [0.29, 0.717) is 6.04 Å². The predicted molar refractivity (Wildman–Crippen MR) is 108 cm³/mol. The second-order valence-corrected chi connectivity index (χ2v) is 8.06. The number of nitrogens with one attached hydrogen (secondary N) is 1. The summed E-state index contributed by atoms with van der Waals surface area (Å²) in [6.45, 7) is 3.01. The number of halogens is 1.